The third-order valence-electron chi connectivity index (χ3n) is 12.2. The second-order valence-electron chi connectivity index (χ2n) is 15.7. The maximum atomic E-state index is 2.45. The molecule has 0 heterocycles. The first-order chi connectivity index (χ1) is 22.6. The standard InChI is InChI=1S/C44H94N2/c1-7-13-15-17-19-21-25-29-33-37-41-45(9-3,10-4)43-39-35-31-27-23-24-28-32-36-40-44-46(11-5,12-6)42-38-34-30-26-22-20-18-16-14-8-2/h7-44H2,1-6H3/q+2. The first kappa shape index (κ1) is 45.9. The van der Waals surface area contributed by atoms with E-state index in [1.165, 1.54) is 254 Å². The summed E-state index contributed by atoms with van der Waals surface area (Å²) in [6.45, 7) is 25.5. The third-order valence-corrected chi connectivity index (χ3v) is 12.2. The lowest BCUT2D eigenvalue weighted by Crippen LogP contribution is -2.49. The summed E-state index contributed by atoms with van der Waals surface area (Å²) in [5.41, 5.74) is 0. The van der Waals surface area contributed by atoms with Crippen molar-refractivity contribution in [2.75, 3.05) is 52.4 Å². The van der Waals surface area contributed by atoms with Gasteiger partial charge < -0.3 is 8.97 Å². The summed E-state index contributed by atoms with van der Waals surface area (Å²) in [6, 6.07) is 0. The number of quaternary nitrogens is 2. The summed E-state index contributed by atoms with van der Waals surface area (Å²) in [4.78, 5) is 0. The number of rotatable bonds is 39. The van der Waals surface area contributed by atoms with Crippen LogP contribution in [0.15, 0.2) is 0 Å². The first-order valence-corrected chi connectivity index (χ1v) is 22.3. The smallest absolute Gasteiger partial charge is 0.0786 e. The highest BCUT2D eigenvalue weighted by Crippen LogP contribution is 2.19. The van der Waals surface area contributed by atoms with E-state index in [-0.39, 0.29) is 0 Å². The van der Waals surface area contributed by atoms with E-state index in [1.54, 1.807) is 0 Å². The lowest BCUT2D eigenvalue weighted by atomic mass is 10.0. The third kappa shape index (κ3) is 26.8. The molecule has 0 saturated heterocycles. The van der Waals surface area contributed by atoms with Crippen molar-refractivity contribution in [3.05, 3.63) is 0 Å². The minimum Gasteiger partial charge on any atom is -0.324 e. The number of nitrogens with zero attached hydrogens (tertiary/aromatic N) is 2. The van der Waals surface area contributed by atoms with E-state index in [2.05, 4.69) is 41.5 Å². The van der Waals surface area contributed by atoms with E-state index in [0.29, 0.717) is 0 Å². The van der Waals surface area contributed by atoms with Crippen LogP contribution in [0.1, 0.15) is 234 Å². The van der Waals surface area contributed by atoms with Gasteiger partial charge >= 0.3 is 0 Å². The van der Waals surface area contributed by atoms with E-state index >= 15 is 0 Å². The van der Waals surface area contributed by atoms with Gasteiger partial charge in [0.1, 0.15) is 0 Å². The normalized spacial score (nSPS) is 12.4. The van der Waals surface area contributed by atoms with Crippen molar-refractivity contribution in [2.24, 2.45) is 0 Å². The van der Waals surface area contributed by atoms with Crippen LogP contribution in [0, 0.1) is 0 Å². The van der Waals surface area contributed by atoms with Crippen LogP contribution in [-0.2, 0) is 0 Å². The van der Waals surface area contributed by atoms with Gasteiger partial charge in [-0.1, -0.05) is 155 Å². The molecular weight excluding hydrogens is 556 g/mol. The van der Waals surface area contributed by atoms with Gasteiger partial charge in [0, 0.05) is 0 Å². The fraction of sp³-hybridized carbons (Fsp3) is 1.00. The Morgan fingerprint density at radius 2 is 0.348 bits per heavy atom. The molecule has 0 rings (SSSR count). The molecule has 0 spiro atoms. The van der Waals surface area contributed by atoms with Crippen LogP contribution >= 0.6 is 0 Å². The maximum absolute atomic E-state index is 2.45. The predicted octanol–water partition coefficient (Wildman–Crippen LogP) is 14.4. The molecule has 2 nitrogen and oxygen atoms in total. The molecule has 0 saturated carbocycles. The zero-order valence-electron chi connectivity index (χ0n) is 33.8. The monoisotopic (exact) mass is 651 g/mol. The largest absolute Gasteiger partial charge is 0.324 e. The van der Waals surface area contributed by atoms with Crippen LogP contribution in [0.2, 0.25) is 0 Å². The summed E-state index contributed by atoms with van der Waals surface area (Å²) < 4.78 is 2.76. The Morgan fingerprint density at radius 3 is 0.500 bits per heavy atom. The molecule has 2 heteroatoms. The van der Waals surface area contributed by atoms with E-state index in [4.69, 9.17) is 0 Å². The van der Waals surface area contributed by atoms with Crippen molar-refractivity contribution < 1.29 is 8.97 Å². The summed E-state index contributed by atoms with van der Waals surface area (Å²) >= 11 is 0. The van der Waals surface area contributed by atoms with Crippen LogP contribution in [0.3, 0.4) is 0 Å². The quantitative estimate of drug-likeness (QED) is 0.0459. The highest BCUT2D eigenvalue weighted by molar-refractivity contribution is 4.53. The van der Waals surface area contributed by atoms with Gasteiger partial charge in [-0.2, -0.15) is 0 Å². The van der Waals surface area contributed by atoms with E-state index < -0.39 is 0 Å². The Balaban J connectivity index is 3.78. The van der Waals surface area contributed by atoms with Gasteiger partial charge in [-0.05, 0) is 79.1 Å². The Kier molecular flexibility index (Phi) is 34.7. The van der Waals surface area contributed by atoms with Gasteiger partial charge in [0.05, 0.1) is 52.4 Å². The molecule has 0 aromatic rings. The second kappa shape index (κ2) is 34.8. The molecule has 0 fully saturated rings. The van der Waals surface area contributed by atoms with Crippen LogP contribution in [0.4, 0.5) is 0 Å². The molecule has 0 aromatic carbocycles. The molecular formula is C44H94N2+2. The molecule has 0 aliphatic carbocycles. The molecule has 0 amide bonds. The SMILES string of the molecule is CCCCCCCCCCCC[N+](CC)(CC)CCCCCCCCCCCC[N+](CC)(CC)CCCCCCCCCCCC. The number of hydrogen-bond donors (Lipinski definition) is 0. The topological polar surface area (TPSA) is 0 Å². The van der Waals surface area contributed by atoms with Gasteiger partial charge in [-0.25, -0.2) is 0 Å². The summed E-state index contributed by atoms with van der Waals surface area (Å²) in [7, 11) is 0. The zero-order chi connectivity index (χ0) is 33.9. The summed E-state index contributed by atoms with van der Waals surface area (Å²) in [6.07, 6.45) is 43.8. The van der Waals surface area contributed by atoms with E-state index in [1.807, 2.05) is 0 Å². The minimum absolute atomic E-state index is 1.34. The molecule has 0 N–H and O–H groups in total. The average molecular weight is 651 g/mol. The van der Waals surface area contributed by atoms with Gasteiger partial charge in [0.15, 0.2) is 0 Å². The highest BCUT2D eigenvalue weighted by Gasteiger charge is 2.22. The molecule has 0 radical (unpaired) electrons. The van der Waals surface area contributed by atoms with Crippen molar-refractivity contribution in [1.82, 2.24) is 0 Å². The summed E-state index contributed by atoms with van der Waals surface area (Å²) in [5.74, 6) is 0. The Hall–Kier alpha value is -0.0800. The van der Waals surface area contributed by atoms with Gasteiger partial charge in [-0.15, -0.1) is 0 Å². The van der Waals surface area contributed by atoms with Crippen molar-refractivity contribution in [3.8, 4) is 0 Å². The fourth-order valence-electron chi connectivity index (χ4n) is 8.11. The molecule has 0 aromatic heterocycles. The molecule has 0 atom stereocenters. The van der Waals surface area contributed by atoms with Crippen molar-refractivity contribution >= 4 is 0 Å². The lowest BCUT2D eigenvalue weighted by Gasteiger charge is -2.37. The first-order valence-electron chi connectivity index (χ1n) is 22.3. The van der Waals surface area contributed by atoms with Crippen molar-refractivity contribution in [1.29, 1.82) is 0 Å². The fourth-order valence-corrected chi connectivity index (χ4v) is 8.11. The van der Waals surface area contributed by atoms with Crippen LogP contribution in [0.25, 0.3) is 0 Å². The number of hydrogen-bond acceptors (Lipinski definition) is 0. The van der Waals surface area contributed by atoms with Crippen molar-refractivity contribution in [2.45, 2.75) is 234 Å². The Morgan fingerprint density at radius 1 is 0.196 bits per heavy atom. The minimum atomic E-state index is 1.34. The lowest BCUT2D eigenvalue weighted by molar-refractivity contribution is -0.925. The molecule has 46 heavy (non-hydrogen) atoms. The Bertz CT molecular complexity index is 514. The maximum Gasteiger partial charge on any atom is 0.0786 e. The Labute approximate surface area is 294 Å². The average Bonchev–Trinajstić information content (AvgIpc) is 3.08. The molecule has 0 aliphatic heterocycles. The molecule has 278 valence electrons. The van der Waals surface area contributed by atoms with Gasteiger partial charge in [0.2, 0.25) is 0 Å². The van der Waals surface area contributed by atoms with E-state index in [0.717, 1.165) is 0 Å². The zero-order valence-corrected chi connectivity index (χ0v) is 33.8. The van der Waals surface area contributed by atoms with Gasteiger partial charge in [0.25, 0.3) is 0 Å². The van der Waals surface area contributed by atoms with Crippen LogP contribution in [-0.4, -0.2) is 61.3 Å². The van der Waals surface area contributed by atoms with Crippen LogP contribution < -0.4 is 0 Å². The van der Waals surface area contributed by atoms with Crippen LogP contribution in [0.5, 0.6) is 0 Å². The molecule has 0 aliphatic rings. The van der Waals surface area contributed by atoms with Gasteiger partial charge in [-0.3, -0.25) is 0 Å². The number of unbranched alkanes of at least 4 members (excludes halogenated alkanes) is 27. The molecule has 0 unspecified atom stereocenters. The van der Waals surface area contributed by atoms with Crippen molar-refractivity contribution in [3.63, 3.8) is 0 Å². The highest BCUT2D eigenvalue weighted by atomic mass is 15.3. The summed E-state index contributed by atoms with van der Waals surface area (Å²) in [5, 5.41) is 0. The van der Waals surface area contributed by atoms with E-state index in [9.17, 15) is 0 Å². The molecule has 0 bridgehead atoms. The predicted molar refractivity (Wildman–Crippen MR) is 212 cm³/mol. The second-order valence-corrected chi connectivity index (χ2v) is 15.7.